The van der Waals surface area contributed by atoms with Gasteiger partial charge in [0.2, 0.25) is 0 Å². The van der Waals surface area contributed by atoms with E-state index >= 15 is 0 Å². The summed E-state index contributed by atoms with van der Waals surface area (Å²) in [6, 6.07) is 12.1. The maximum absolute atomic E-state index is 12.8. The second-order valence-corrected chi connectivity index (χ2v) is 8.63. The SMILES string of the molecule is C=C/C=C1/Cc2cc(C(C)=O)ccc2C(c2cc(C(=CCC)CC)ccc2C(C)=O)=C1/C=C\C. The first-order valence-corrected chi connectivity index (χ1v) is 12.0. The molecule has 0 fully saturated rings. The van der Waals surface area contributed by atoms with Gasteiger partial charge in [0.15, 0.2) is 11.6 Å². The molecule has 0 saturated heterocycles. The van der Waals surface area contributed by atoms with E-state index in [1.165, 1.54) is 5.57 Å². The summed E-state index contributed by atoms with van der Waals surface area (Å²) >= 11 is 0. The van der Waals surface area contributed by atoms with E-state index in [-0.39, 0.29) is 11.6 Å². The topological polar surface area (TPSA) is 34.1 Å². The number of Topliss-reactive ketones (excluding diaryl/α,β-unsaturated/α-hetero) is 2. The minimum atomic E-state index is 0.0353. The number of fused-ring (bicyclic) bond motifs is 1. The van der Waals surface area contributed by atoms with Gasteiger partial charge in [-0.3, -0.25) is 9.59 Å². The van der Waals surface area contributed by atoms with E-state index in [0.717, 1.165) is 51.8 Å². The number of carbonyl (C=O) groups excluding carboxylic acids is 2. The van der Waals surface area contributed by atoms with Crippen LogP contribution in [0.25, 0.3) is 11.1 Å². The maximum Gasteiger partial charge on any atom is 0.160 e. The van der Waals surface area contributed by atoms with Crippen molar-refractivity contribution in [2.24, 2.45) is 0 Å². The zero-order chi connectivity index (χ0) is 24.8. The molecule has 2 nitrogen and oxygen atoms in total. The van der Waals surface area contributed by atoms with Gasteiger partial charge in [-0.05, 0) is 96.7 Å². The number of hydrogen-bond acceptors (Lipinski definition) is 2. The predicted molar refractivity (Wildman–Crippen MR) is 144 cm³/mol. The van der Waals surface area contributed by atoms with Crippen LogP contribution in [0.15, 0.2) is 84.5 Å². The molecule has 3 rings (SSSR count). The maximum atomic E-state index is 12.8. The van der Waals surface area contributed by atoms with Crippen LogP contribution >= 0.6 is 0 Å². The molecule has 0 spiro atoms. The van der Waals surface area contributed by atoms with E-state index in [1.54, 1.807) is 19.9 Å². The molecular weight excluding hydrogens is 416 g/mol. The van der Waals surface area contributed by atoms with Crippen LogP contribution in [-0.4, -0.2) is 11.6 Å². The largest absolute Gasteiger partial charge is 0.295 e. The summed E-state index contributed by atoms with van der Waals surface area (Å²) in [5.74, 6) is 0.0821. The summed E-state index contributed by atoms with van der Waals surface area (Å²) in [7, 11) is 0. The zero-order valence-corrected chi connectivity index (χ0v) is 21.0. The monoisotopic (exact) mass is 450 g/mol. The first kappa shape index (κ1) is 25.1. The second-order valence-electron chi connectivity index (χ2n) is 8.63. The Morgan fingerprint density at radius 2 is 1.71 bits per heavy atom. The van der Waals surface area contributed by atoms with E-state index in [9.17, 15) is 9.59 Å². The first-order chi connectivity index (χ1) is 16.4. The van der Waals surface area contributed by atoms with Gasteiger partial charge in [0.25, 0.3) is 0 Å². The van der Waals surface area contributed by atoms with Gasteiger partial charge in [-0.15, -0.1) is 0 Å². The minimum Gasteiger partial charge on any atom is -0.295 e. The number of ketones is 2. The van der Waals surface area contributed by atoms with Crippen LogP contribution in [0.3, 0.4) is 0 Å². The second kappa shape index (κ2) is 11.1. The molecule has 0 atom stereocenters. The molecule has 0 aromatic heterocycles. The lowest BCUT2D eigenvalue weighted by Crippen LogP contribution is -2.12. The summed E-state index contributed by atoms with van der Waals surface area (Å²) < 4.78 is 0. The van der Waals surface area contributed by atoms with Crippen LogP contribution in [0, 0.1) is 0 Å². The van der Waals surface area contributed by atoms with Gasteiger partial charge in [-0.2, -0.15) is 0 Å². The van der Waals surface area contributed by atoms with Crippen LogP contribution in [0.2, 0.25) is 0 Å². The molecule has 1 aliphatic rings. The normalized spacial score (nSPS) is 15.1. The average molecular weight is 451 g/mol. The van der Waals surface area contributed by atoms with Crippen molar-refractivity contribution in [3.05, 3.63) is 118 Å². The lowest BCUT2D eigenvalue weighted by atomic mass is 9.76. The van der Waals surface area contributed by atoms with Crippen LogP contribution in [-0.2, 0) is 6.42 Å². The molecule has 34 heavy (non-hydrogen) atoms. The Morgan fingerprint density at radius 1 is 0.971 bits per heavy atom. The van der Waals surface area contributed by atoms with Crippen molar-refractivity contribution < 1.29 is 9.59 Å². The van der Waals surface area contributed by atoms with Crippen molar-refractivity contribution in [1.29, 1.82) is 0 Å². The molecule has 174 valence electrons. The molecule has 2 heteroatoms. The van der Waals surface area contributed by atoms with Crippen molar-refractivity contribution in [1.82, 2.24) is 0 Å². The molecule has 0 heterocycles. The van der Waals surface area contributed by atoms with E-state index < -0.39 is 0 Å². The molecule has 0 unspecified atom stereocenters. The highest BCUT2D eigenvalue weighted by molar-refractivity contribution is 6.04. The minimum absolute atomic E-state index is 0.0353. The van der Waals surface area contributed by atoms with Crippen molar-refractivity contribution >= 4 is 22.7 Å². The van der Waals surface area contributed by atoms with Gasteiger partial charge in [0, 0.05) is 11.1 Å². The Balaban J connectivity index is 2.46. The Labute approximate surface area is 204 Å². The van der Waals surface area contributed by atoms with Gasteiger partial charge >= 0.3 is 0 Å². The smallest absolute Gasteiger partial charge is 0.160 e. The van der Waals surface area contributed by atoms with Crippen LogP contribution in [0.1, 0.15) is 90.4 Å². The van der Waals surface area contributed by atoms with Crippen molar-refractivity contribution in [2.75, 3.05) is 0 Å². The Bertz CT molecular complexity index is 1260. The fourth-order valence-electron chi connectivity index (χ4n) is 4.72. The number of allylic oxidation sites excluding steroid dienone is 8. The van der Waals surface area contributed by atoms with E-state index in [2.05, 4.69) is 44.7 Å². The summed E-state index contributed by atoms with van der Waals surface area (Å²) in [5.41, 5.74) is 10.1. The number of rotatable bonds is 8. The third-order valence-electron chi connectivity index (χ3n) is 6.30. The first-order valence-electron chi connectivity index (χ1n) is 12.0. The molecule has 2 aromatic carbocycles. The molecule has 0 bridgehead atoms. The quantitative estimate of drug-likeness (QED) is 0.379. The highest BCUT2D eigenvalue weighted by Crippen LogP contribution is 2.42. The van der Waals surface area contributed by atoms with Crippen molar-refractivity contribution in [3.63, 3.8) is 0 Å². The summed E-state index contributed by atoms with van der Waals surface area (Å²) in [6.07, 6.45) is 12.8. The average Bonchev–Trinajstić information content (AvgIpc) is 2.82. The van der Waals surface area contributed by atoms with Crippen LogP contribution in [0.4, 0.5) is 0 Å². The highest BCUT2D eigenvalue weighted by atomic mass is 16.1. The lowest BCUT2D eigenvalue weighted by Gasteiger charge is -2.27. The summed E-state index contributed by atoms with van der Waals surface area (Å²) in [5, 5.41) is 0. The standard InChI is InChI=1S/C32H34O2/c1-7-11-23(10-4)25-15-16-28(22(6)34)31(20-25)32-29(13-9-3)26(12-8-2)19-27-18-24(21(5)33)14-17-30(27)32/h8-9,11-18,20H,2,7,10,19H2,1,3-6H3/b13-9-,23-11?,26-12-. The van der Waals surface area contributed by atoms with Gasteiger partial charge in [-0.25, -0.2) is 0 Å². The van der Waals surface area contributed by atoms with E-state index in [4.69, 9.17) is 0 Å². The van der Waals surface area contributed by atoms with Crippen LogP contribution < -0.4 is 0 Å². The Morgan fingerprint density at radius 3 is 2.29 bits per heavy atom. The number of carbonyl (C=O) groups is 2. The van der Waals surface area contributed by atoms with E-state index in [1.807, 2.05) is 43.3 Å². The summed E-state index contributed by atoms with van der Waals surface area (Å²) in [6.45, 7) is 13.5. The molecule has 0 aliphatic heterocycles. The third kappa shape index (κ3) is 5.02. The van der Waals surface area contributed by atoms with Crippen LogP contribution in [0.5, 0.6) is 0 Å². The van der Waals surface area contributed by atoms with Gasteiger partial charge in [-0.1, -0.05) is 75.1 Å². The zero-order valence-electron chi connectivity index (χ0n) is 21.0. The Hall–Kier alpha value is -3.52. The fourth-order valence-corrected chi connectivity index (χ4v) is 4.72. The number of hydrogen-bond donors (Lipinski definition) is 0. The molecular formula is C32H34O2. The molecule has 0 amide bonds. The molecule has 0 radical (unpaired) electrons. The molecule has 0 N–H and O–H groups in total. The summed E-state index contributed by atoms with van der Waals surface area (Å²) in [4.78, 5) is 24.9. The van der Waals surface area contributed by atoms with Gasteiger partial charge in [0.1, 0.15) is 0 Å². The molecule has 1 aliphatic carbocycles. The van der Waals surface area contributed by atoms with Crippen molar-refractivity contribution in [2.45, 2.75) is 53.9 Å². The van der Waals surface area contributed by atoms with Crippen molar-refractivity contribution in [3.8, 4) is 0 Å². The van der Waals surface area contributed by atoms with Gasteiger partial charge in [0.05, 0.1) is 0 Å². The van der Waals surface area contributed by atoms with Gasteiger partial charge < -0.3 is 0 Å². The lowest BCUT2D eigenvalue weighted by molar-refractivity contribution is 0.100. The third-order valence-corrected chi connectivity index (χ3v) is 6.30. The molecule has 2 aromatic rings. The van der Waals surface area contributed by atoms with E-state index in [0.29, 0.717) is 17.5 Å². The highest BCUT2D eigenvalue weighted by Gasteiger charge is 2.26. The predicted octanol–water partition coefficient (Wildman–Crippen LogP) is 8.34. The fraction of sp³-hybridized carbons (Fsp3) is 0.250. The number of benzene rings is 2. The Kier molecular flexibility index (Phi) is 8.17. The molecule has 0 saturated carbocycles.